The third-order valence-electron chi connectivity index (χ3n) is 4.55. The molecule has 0 saturated heterocycles. The van der Waals surface area contributed by atoms with Crippen LogP contribution in [0.15, 0.2) is 29.2 Å². The molecule has 156 valence electrons. The van der Waals surface area contributed by atoms with Crippen molar-refractivity contribution in [3.05, 3.63) is 29.8 Å². The smallest absolute Gasteiger partial charge is 0.339 e. The van der Waals surface area contributed by atoms with E-state index in [4.69, 9.17) is 4.74 Å². The molecule has 0 unspecified atom stereocenters. The highest BCUT2D eigenvalue weighted by atomic mass is 32.2. The second-order valence-electron chi connectivity index (χ2n) is 7.39. The molecule has 0 spiro atoms. The molecule has 1 aliphatic carbocycles. The van der Waals surface area contributed by atoms with Gasteiger partial charge in [-0.25, -0.2) is 4.79 Å². The largest absolute Gasteiger partial charge is 0.452 e. The zero-order chi connectivity index (χ0) is 21.3. The molecular formula is C21H27N3O4S. The summed E-state index contributed by atoms with van der Waals surface area (Å²) in [6.07, 6.45) is 4.06. The molecule has 0 heterocycles. The number of ether oxygens (including phenoxy) is 1. The first-order valence-electron chi connectivity index (χ1n) is 9.76. The van der Waals surface area contributed by atoms with E-state index in [0.717, 1.165) is 19.3 Å². The highest BCUT2D eigenvalue weighted by molar-refractivity contribution is 8.00. The van der Waals surface area contributed by atoms with E-state index in [0.29, 0.717) is 23.3 Å². The summed E-state index contributed by atoms with van der Waals surface area (Å²) in [4.78, 5) is 37.1. The summed E-state index contributed by atoms with van der Waals surface area (Å²) in [5.41, 5.74) is -0.561. The van der Waals surface area contributed by atoms with E-state index in [1.807, 2.05) is 13.8 Å². The first-order chi connectivity index (χ1) is 13.8. The molecule has 1 aliphatic rings. The summed E-state index contributed by atoms with van der Waals surface area (Å²) in [5.74, 6) is -1.07. The molecule has 2 N–H and O–H groups in total. The van der Waals surface area contributed by atoms with Gasteiger partial charge in [-0.2, -0.15) is 5.26 Å². The molecule has 2 rings (SSSR count). The number of carbonyl (C=O) groups excluding carboxylic acids is 3. The molecule has 2 amide bonds. The fraction of sp³-hybridized carbons (Fsp3) is 0.524. The number of nitriles is 1. The van der Waals surface area contributed by atoms with Crippen LogP contribution in [0.1, 0.15) is 56.3 Å². The van der Waals surface area contributed by atoms with Crippen molar-refractivity contribution in [3.8, 4) is 6.07 Å². The Morgan fingerprint density at radius 3 is 2.52 bits per heavy atom. The van der Waals surface area contributed by atoms with Gasteiger partial charge in [0.1, 0.15) is 5.54 Å². The Balaban J connectivity index is 1.91. The monoisotopic (exact) mass is 417 g/mol. The van der Waals surface area contributed by atoms with Crippen molar-refractivity contribution in [1.29, 1.82) is 5.26 Å². The van der Waals surface area contributed by atoms with Crippen molar-refractivity contribution < 1.29 is 19.1 Å². The van der Waals surface area contributed by atoms with E-state index in [-0.39, 0.29) is 17.7 Å². The lowest BCUT2D eigenvalue weighted by Crippen LogP contribution is -2.50. The normalized spacial score (nSPS) is 15.2. The minimum Gasteiger partial charge on any atom is -0.452 e. The Hall–Kier alpha value is -2.53. The SMILES string of the molecule is CC(C)NC(=O)CSc1ccccc1C(=O)OCC(=O)NC1(C#N)CCCCC1. The maximum Gasteiger partial charge on any atom is 0.339 e. The van der Waals surface area contributed by atoms with Crippen molar-refractivity contribution in [2.75, 3.05) is 12.4 Å². The second-order valence-corrected chi connectivity index (χ2v) is 8.40. The van der Waals surface area contributed by atoms with E-state index in [9.17, 15) is 19.6 Å². The molecule has 0 atom stereocenters. The van der Waals surface area contributed by atoms with Crippen LogP contribution in [0.3, 0.4) is 0 Å². The average molecular weight is 418 g/mol. The molecule has 1 aromatic carbocycles. The van der Waals surface area contributed by atoms with E-state index >= 15 is 0 Å². The summed E-state index contributed by atoms with van der Waals surface area (Å²) in [5, 5.41) is 15.0. The van der Waals surface area contributed by atoms with Gasteiger partial charge >= 0.3 is 5.97 Å². The molecule has 0 bridgehead atoms. The summed E-state index contributed by atoms with van der Waals surface area (Å²) in [7, 11) is 0. The zero-order valence-corrected chi connectivity index (χ0v) is 17.6. The Morgan fingerprint density at radius 1 is 1.17 bits per heavy atom. The number of hydrogen-bond acceptors (Lipinski definition) is 6. The Morgan fingerprint density at radius 2 is 1.86 bits per heavy atom. The van der Waals surface area contributed by atoms with Crippen LogP contribution in [0.25, 0.3) is 0 Å². The summed E-state index contributed by atoms with van der Waals surface area (Å²) in [6.45, 7) is 3.31. The predicted octanol–water partition coefficient (Wildman–Crippen LogP) is 2.80. The number of rotatable bonds is 8. The quantitative estimate of drug-likeness (QED) is 0.497. The zero-order valence-electron chi connectivity index (χ0n) is 16.8. The Kier molecular flexibility index (Phi) is 8.52. The van der Waals surface area contributed by atoms with Crippen molar-refractivity contribution in [1.82, 2.24) is 10.6 Å². The number of hydrogen-bond donors (Lipinski definition) is 2. The predicted molar refractivity (Wildman–Crippen MR) is 110 cm³/mol. The maximum atomic E-state index is 12.5. The highest BCUT2D eigenvalue weighted by Gasteiger charge is 2.33. The van der Waals surface area contributed by atoms with Crippen molar-refractivity contribution in [2.24, 2.45) is 0 Å². The number of carbonyl (C=O) groups is 3. The van der Waals surface area contributed by atoms with Gasteiger partial charge in [0.2, 0.25) is 5.91 Å². The van der Waals surface area contributed by atoms with Crippen LogP contribution >= 0.6 is 11.8 Å². The van der Waals surface area contributed by atoms with Gasteiger partial charge in [-0.3, -0.25) is 9.59 Å². The Labute approximate surface area is 175 Å². The van der Waals surface area contributed by atoms with Crippen molar-refractivity contribution in [2.45, 2.75) is 62.4 Å². The number of thioether (sulfide) groups is 1. The molecule has 1 aromatic rings. The van der Waals surface area contributed by atoms with Gasteiger partial charge in [-0.15, -0.1) is 11.8 Å². The van der Waals surface area contributed by atoms with Crippen LogP contribution in [0.2, 0.25) is 0 Å². The standard InChI is InChI=1S/C21H27N3O4S/c1-15(2)23-19(26)13-29-17-9-5-4-8-16(17)20(27)28-12-18(25)24-21(14-22)10-6-3-7-11-21/h4-5,8-9,15H,3,6-7,10-13H2,1-2H3,(H,23,26)(H,24,25). The van der Waals surface area contributed by atoms with E-state index < -0.39 is 24.0 Å². The molecule has 0 aromatic heterocycles. The van der Waals surface area contributed by atoms with Crippen molar-refractivity contribution >= 4 is 29.5 Å². The van der Waals surface area contributed by atoms with Crippen LogP contribution in [0.5, 0.6) is 0 Å². The third-order valence-corrected chi connectivity index (χ3v) is 5.62. The molecule has 0 radical (unpaired) electrons. The summed E-state index contributed by atoms with van der Waals surface area (Å²) in [6, 6.07) is 9.04. The highest BCUT2D eigenvalue weighted by Crippen LogP contribution is 2.27. The van der Waals surface area contributed by atoms with Crippen molar-refractivity contribution in [3.63, 3.8) is 0 Å². The van der Waals surface area contributed by atoms with E-state index in [1.165, 1.54) is 11.8 Å². The maximum absolute atomic E-state index is 12.5. The molecule has 1 fully saturated rings. The van der Waals surface area contributed by atoms with Gasteiger partial charge in [-0.1, -0.05) is 31.4 Å². The van der Waals surface area contributed by atoms with Gasteiger partial charge in [0.15, 0.2) is 6.61 Å². The second kappa shape index (κ2) is 10.9. The summed E-state index contributed by atoms with van der Waals surface area (Å²) >= 11 is 1.23. The number of nitrogens with one attached hydrogen (secondary N) is 2. The molecule has 8 heteroatoms. The molecular weight excluding hydrogens is 390 g/mol. The van der Waals surface area contributed by atoms with Gasteiger partial charge < -0.3 is 15.4 Å². The van der Waals surface area contributed by atoms with Crippen LogP contribution in [0, 0.1) is 11.3 Å². The topological polar surface area (TPSA) is 108 Å². The first kappa shape index (κ1) is 22.8. The van der Waals surface area contributed by atoms with Crippen LogP contribution in [0.4, 0.5) is 0 Å². The summed E-state index contributed by atoms with van der Waals surface area (Å²) < 4.78 is 5.16. The van der Waals surface area contributed by atoms with E-state index in [2.05, 4.69) is 16.7 Å². The Bertz CT molecular complexity index is 782. The van der Waals surface area contributed by atoms with Crippen LogP contribution in [-0.4, -0.2) is 41.7 Å². The molecule has 0 aliphatic heterocycles. The van der Waals surface area contributed by atoms with Crippen LogP contribution < -0.4 is 10.6 Å². The fourth-order valence-corrected chi connectivity index (χ4v) is 4.05. The minimum atomic E-state index is -0.862. The first-order valence-corrected chi connectivity index (χ1v) is 10.7. The lowest BCUT2D eigenvalue weighted by atomic mass is 9.83. The number of esters is 1. The van der Waals surface area contributed by atoms with Gasteiger partial charge in [-0.05, 0) is 38.8 Å². The fourth-order valence-electron chi connectivity index (χ4n) is 3.20. The average Bonchev–Trinajstić information content (AvgIpc) is 2.71. The van der Waals surface area contributed by atoms with Gasteiger partial charge in [0.25, 0.3) is 5.91 Å². The third kappa shape index (κ3) is 7.09. The number of nitrogens with zero attached hydrogens (tertiary/aromatic N) is 1. The molecule has 7 nitrogen and oxygen atoms in total. The number of amides is 2. The minimum absolute atomic E-state index is 0.0442. The lowest BCUT2D eigenvalue weighted by molar-refractivity contribution is -0.126. The molecule has 29 heavy (non-hydrogen) atoms. The number of benzene rings is 1. The van der Waals surface area contributed by atoms with Gasteiger partial charge in [0, 0.05) is 10.9 Å². The van der Waals surface area contributed by atoms with Crippen LogP contribution in [-0.2, 0) is 14.3 Å². The molecule has 1 saturated carbocycles. The van der Waals surface area contributed by atoms with Gasteiger partial charge in [0.05, 0.1) is 17.4 Å². The van der Waals surface area contributed by atoms with E-state index in [1.54, 1.807) is 24.3 Å². The lowest BCUT2D eigenvalue weighted by Gasteiger charge is -2.31.